The van der Waals surface area contributed by atoms with Crippen LogP contribution < -0.4 is 4.74 Å². The molecule has 8 nitrogen and oxygen atoms in total. The van der Waals surface area contributed by atoms with E-state index in [1.807, 2.05) is 44.2 Å². The minimum Gasteiger partial charge on any atom is -0.472 e. The molecule has 0 bridgehead atoms. The fraction of sp³-hybridized carbons (Fsp3) is 0.333. The van der Waals surface area contributed by atoms with Crippen LogP contribution in [0.3, 0.4) is 0 Å². The number of rotatable bonds is 6. The lowest BCUT2D eigenvalue weighted by Gasteiger charge is -2.37. The number of aliphatic hydroxyl groups is 1. The summed E-state index contributed by atoms with van der Waals surface area (Å²) in [7, 11) is 1.71. The van der Waals surface area contributed by atoms with Gasteiger partial charge in [0.15, 0.2) is 0 Å². The minimum atomic E-state index is -0.428. The summed E-state index contributed by atoms with van der Waals surface area (Å²) in [6.07, 6.45) is 2.84. The van der Waals surface area contributed by atoms with E-state index in [1.165, 1.54) is 0 Å². The third-order valence-electron chi connectivity index (χ3n) is 6.31. The molecule has 0 fully saturated rings. The molecule has 1 aliphatic rings. The second kappa shape index (κ2) is 10.7. The zero-order valence-electron chi connectivity index (χ0n) is 20.2. The molecule has 3 heterocycles. The SMILES string of the molecule is C[C@H]1CN([C@@H](C)CO)C(=O)c2cc(-c3ccccc3)cnc2O[C@H]1CN(C)C(=O)c1ccccn1. The average Bonchev–Trinajstić information content (AvgIpc) is 2.90. The van der Waals surface area contributed by atoms with Crippen LogP contribution in [0.1, 0.15) is 34.7 Å². The monoisotopic (exact) mass is 474 g/mol. The topological polar surface area (TPSA) is 95.9 Å². The summed E-state index contributed by atoms with van der Waals surface area (Å²) in [5.74, 6) is -0.362. The van der Waals surface area contributed by atoms with Crippen LogP contribution in [0.5, 0.6) is 5.88 Å². The maximum absolute atomic E-state index is 13.6. The highest BCUT2D eigenvalue weighted by atomic mass is 16.5. The molecule has 0 spiro atoms. The van der Waals surface area contributed by atoms with E-state index in [-0.39, 0.29) is 42.8 Å². The number of aliphatic hydroxyl groups excluding tert-OH is 1. The second-order valence-corrected chi connectivity index (χ2v) is 8.97. The van der Waals surface area contributed by atoms with Crippen molar-refractivity contribution in [2.24, 2.45) is 5.92 Å². The molecule has 1 aliphatic heterocycles. The van der Waals surface area contributed by atoms with E-state index >= 15 is 0 Å². The molecule has 0 unspecified atom stereocenters. The number of fused-ring (bicyclic) bond motifs is 1. The lowest BCUT2D eigenvalue weighted by molar-refractivity contribution is 0.0312. The van der Waals surface area contributed by atoms with Gasteiger partial charge in [-0.15, -0.1) is 0 Å². The fourth-order valence-electron chi connectivity index (χ4n) is 4.15. The van der Waals surface area contributed by atoms with Crippen molar-refractivity contribution in [1.29, 1.82) is 0 Å². The normalized spacial score (nSPS) is 18.6. The van der Waals surface area contributed by atoms with Crippen LogP contribution in [0.25, 0.3) is 11.1 Å². The van der Waals surface area contributed by atoms with Crippen LogP contribution in [0.15, 0.2) is 67.0 Å². The van der Waals surface area contributed by atoms with Gasteiger partial charge in [0, 0.05) is 37.5 Å². The summed E-state index contributed by atoms with van der Waals surface area (Å²) in [6, 6.07) is 16.3. The molecule has 182 valence electrons. The van der Waals surface area contributed by atoms with Gasteiger partial charge in [0.05, 0.1) is 19.2 Å². The number of benzene rings is 1. The third-order valence-corrected chi connectivity index (χ3v) is 6.31. The molecule has 1 N–H and O–H groups in total. The van der Waals surface area contributed by atoms with Gasteiger partial charge in [-0.05, 0) is 30.7 Å². The quantitative estimate of drug-likeness (QED) is 0.590. The summed E-state index contributed by atoms with van der Waals surface area (Å²) in [5.41, 5.74) is 2.42. The predicted octanol–water partition coefficient (Wildman–Crippen LogP) is 3.14. The summed E-state index contributed by atoms with van der Waals surface area (Å²) in [5, 5.41) is 9.84. The van der Waals surface area contributed by atoms with E-state index in [2.05, 4.69) is 9.97 Å². The van der Waals surface area contributed by atoms with Crippen LogP contribution >= 0.6 is 0 Å². The van der Waals surface area contributed by atoms with Gasteiger partial charge in [0.25, 0.3) is 11.8 Å². The minimum absolute atomic E-state index is 0.129. The van der Waals surface area contributed by atoms with E-state index < -0.39 is 6.10 Å². The Morgan fingerprint density at radius 1 is 1.17 bits per heavy atom. The van der Waals surface area contributed by atoms with Crippen molar-refractivity contribution < 1.29 is 19.4 Å². The van der Waals surface area contributed by atoms with E-state index in [0.717, 1.165) is 11.1 Å². The van der Waals surface area contributed by atoms with Crippen LogP contribution in [0.4, 0.5) is 0 Å². The number of likely N-dealkylation sites (N-methyl/N-ethyl adjacent to an activating group) is 1. The number of hydrogen-bond acceptors (Lipinski definition) is 6. The van der Waals surface area contributed by atoms with Crippen LogP contribution in [-0.4, -0.2) is 75.6 Å². The molecule has 1 aromatic carbocycles. The first kappa shape index (κ1) is 24.3. The van der Waals surface area contributed by atoms with E-state index in [0.29, 0.717) is 17.8 Å². The Morgan fingerprint density at radius 2 is 1.91 bits per heavy atom. The van der Waals surface area contributed by atoms with Gasteiger partial charge >= 0.3 is 0 Å². The molecule has 8 heteroatoms. The Morgan fingerprint density at radius 3 is 2.60 bits per heavy atom. The van der Waals surface area contributed by atoms with Gasteiger partial charge in [0.2, 0.25) is 5.88 Å². The van der Waals surface area contributed by atoms with E-state index in [1.54, 1.807) is 53.5 Å². The maximum Gasteiger partial charge on any atom is 0.272 e. The Hall–Kier alpha value is -3.78. The van der Waals surface area contributed by atoms with Crippen LogP contribution in [0.2, 0.25) is 0 Å². The average molecular weight is 475 g/mol. The standard InChI is InChI=1S/C27H30N4O4/c1-18-15-31(19(2)17-32)26(33)22-13-21(20-9-5-4-6-10-20)14-29-25(22)35-24(18)16-30(3)27(34)23-11-7-8-12-28-23/h4-14,18-19,24,32H,15-17H2,1-3H3/t18-,19-,24-/m0/s1. The molecule has 0 saturated heterocycles. The van der Waals surface area contributed by atoms with E-state index in [4.69, 9.17) is 4.74 Å². The summed E-state index contributed by atoms with van der Waals surface area (Å²) in [6.45, 7) is 4.27. The lowest BCUT2D eigenvalue weighted by Crippen LogP contribution is -2.50. The van der Waals surface area contributed by atoms with Gasteiger partial charge in [-0.25, -0.2) is 4.98 Å². The smallest absolute Gasteiger partial charge is 0.272 e. The summed E-state index contributed by atoms with van der Waals surface area (Å²) >= 11 is 0. The Kier molecular flexibility index (Phi) is 7.41. The lowest BCUT2D eigenvalue weighted by atomic mass is 9.99. The zero-order chi connectivity index (χ0) is 24.9. The van der Waals surface area contributed by atoms with E-state index in [9.17, 15) is 14.7 Å². The highest BCUT2D eigenvalue weighted by Crippen LogP contribution is 2.30. The molecule has 0 radical (unpaired) electrons. The molecule has 0 aliphatic carbocycles. The molecule has 0 saturated carbocycles. The second-order valence-electron chi connectivity index (χ2n) is 8.97. The zero-order valence-corrected chi connectivity index (χ0v) is 20.2. The number of hydrogen-bond donors (Lipinski definition) is 1. The van der Waals surface area contributed by atoms with Crippen molar-refractivity contribution in [1.82, 2.24) is 19.8 Å². The number of amides is 2. The Balaban J connectivity index is 1.68. The molecule has 3 atom stereocenters. The van der Waals surface area contributed by atoms with Gasteiger partial charge in [-0.2, -0.15) is 0 Å². The molecule has 3 aromatic rings. The molecule has 2 amide bonds. The number of aromatic nitrogens is 2. The number of pyridine rings is 2. The van der Waals surface area contributed by atoms with Gasteiger partial charge in [-0.1, -0.05) is 43.3 Å². The van der Waals surface area contributed by atoms with Crippen LogP contribution in [0, 0.1) is 5.92 Å². The summed E-state index contributed by atoms with van der Waals surface area (Å²) in [4.78, 5) is 38.4. The molecular formula is C27H30N4O4. The number of carbonyl (C=O) groups is 2. The largest absolute Gasteiger partial charge is 0.472 e. The molecule has 4 rings (SSSR count). The Bertz CT molecular complexity index is 1170. The van der Waals surface area contributed by atoms with Crippen molar-refractivity contribution in [3.8, 4) is 17.0 Å². The van der Waals surface area contributed by atoms with Crippen molar-refractivity contribution in [2.75, 3.05) is 26.7 Å². The predicted molar refractivity (Wildman–Crippen MR) is 132 cm³/mol. The first-order valence-corrected chi connectivity index (χ1v) is 11.7. The first-order valence-electron chi connectivity index (χ1n) is 11.7. The van der Waals surface area contributed by atoms with Crippen molar-refractivity contribution in [3.05, 3.63) is 78.2 Å². The summed E-state index contributed by atoms with van der Waals surface area (Å²) < 4.78 is 6.29. The number of nitrogens with zero attached hydrogens (tertiary/aromatic N) is 4. The molecular weight excluding hydrogens is 444 g/mol. The van der Waals surface area contributed by atoms with Crippen LogP contribution in [-0.2, 0) is 0 Å². The highest BCUT2D eigenvalue weighted by molar-refractivity contribution is 5.98. The first-order chi connectivity index (χ1) is 16.9. The maximum atomic E-state index is 13.6. The number of carbonyl (C=O) groups excluding carboxylic acids is 2. The highest BCUT2D eigenvalue weighted by Gasteiger charge is 2.35. The fourth-order valence-corrected chi connectivity index (χ4v) is 4.15. The van der Waals surface area contributed by atoms with Crippen molar-refractivity contribution in [2.45, 2.75) is 26.0 Å². The third kappa shape index (κ3) is 5.33. The molecule has 35 heavy (non-hydrogen) atoms. The van der Waals surface area contributed by atoms with Crippen molar-refractivity contribution in [3.63, 3.8) is 0 Å². The number of ether oxygens (including phenoxy) is 1. The van der Waals surface area contributed by atoms with Gasteiger partial charge in [-0.3, -0.25) is 14.6 Å². The molecule has 2 aromatic heterocycles. The van der Waals surface area contributed by atoms with Gasteiger partial charge < -0.3 is 19.6 Å². The van der Waals surface area contributed by atoms with Gasteiger partial charge in [0.1, 0.15) is 17.4 Å². The Labute approximate surface area is 205 Å². The van der Waals surface area contributed by atoms with Crippen molar-refractivity contribution >= 4 is 11.8 Å².